The molecule has 0 spiro atoms. The molecule has 6 nitrogen and oxygen atoms in total. The Morgan fingerprint density at radius 1 is 1.03 bits per heavy atom. The molecule has 0 radical (unpaired) electrons. The predicted molar refractivity (Wildman–Crippen MR) is 119 cm³/mol. The number of carbonyl (C=O) groups is 1. The molecular weight excluding hydrogens is 394 g/mol. The molecular formula is C25H27NO5. The minimum Gasteiger partial charge on any atom is -0.494 e. The maximum atomic E-state index is 13.4. The van der Waals surface area contributed by atoms with Crippen LogP contribution in [0.4, 0.5) is 0 Å². The van der Waals surface area contributed by atoms with Gasteiger partial charge in [-0.15, -0.1) is 0 Å². The van der Waals surface area contributed by atoms with Crippen LogP contribution in [0, 0.1) is 0 Å². The molecule has 1 amide bonds. The van der Waals surface area contributed by atoms with Crippen LogP contribution in [-0.2, 0) is 4.74 Å². The molecule has 2 heterocycles. The first kappa shape index (κ1) is 21.1. The lowest BCUT2D eigenvalue weighted by Crippen LogP contribution is -2.31. The molecule has 31 heavy (non-hydrogen) atoms. The summed E-state index contributed by atoms with van der Waals surface area (Å²) >= 11 is 0. The second-order valence-corrected chi connectivity index (χ2v) is 7.54. The van der Waals surface area contributed by atoms with E-state index in [4.69, 9.17) is 13.9 Å². The number of benzene rings is 2. The number of rotatable bonds is 9. The first-order valence-corrected chi connectivity index (χ1v) is 10.8. The lowest BCUT2D eigenvalue weighted by molar-refractivity contribution is 0.0695. The van der Waals surface area contributed by atoms with Crippen LogP contribution in [0.2, 0.25) is 0 Å². The van der Waals surface area contributed by atoms with E-state index < -0.39 is 6.04 Å². The molecule has 1 aliphatic heterocycles. The minimum absolute atomic E-state index is 0.130. The zero-order chi connectivity index (χ0) is 21.8. The summed E-state index contributed by atoms with van der Waals surface area (Å²) in [4.78, 5) is 28.5. The molecule has 6 heteroatoms. The fraction of sp³-hybridized carbons (Fsp3) is 0.360. The van der Waals surface area contributed by atoms with Gasteiger partial charge in [-0.25, -0.2) is 0 Å². The van der Waals surface area contributed by atoms with Crippen molar-refractivity contribution in [2.75, 3.05) is 26.4 Å². The van der Waals surface area contributed by atoms with Crippen LogP contribution in [0.5, 0.6) is 5.75 Å². The number of nitrogens with zero attached hydrogens (tertiary/aromatic N) is 1. The molecule has 0 aliphatic carbocycles. The molecule has 1 aromatic heterocycles. The van der Waals surface area contributed by atoms with Gasteiger partial charge < -0.3 is 18.8 Å². The van der Waals surface area contributed by atoms with Crippen LogP contribution in [0.1, 0.15) is 54.4 Å². The van der Waals surface area contributed by atoms with E-state index in [9.17, 15) is 9.59 Å². The quantitative estimate of drug-likeness (QED) is 0.474. The molecule has 2 aromatic carbocycles. The van der Waals surface area contributed by atoms with Crippen molar-refractivity contribution in [3.63, 3.8) is 0 Å². The Bertz CT molecular complexity index is 1140. The topological polar surface area (TPSA) is 69.0 Å². The molecule has 162 valence electrons. The van der Waals surface area contributed by atoms with E-state index in [2.05, 4.69) is 0 Å². The predicted octanol–water partition coefficient (Wildman–Crippen LogP) is 4.55. The third kappa shape index (κ3) is 4.08. The Hall–Kier alpha value is -3.12. The van der Waals surface area contributed by atoms with Crippen molar-refractivity contribution in [3.8, 4) is 5.75 Å². The number of carbonyl (C=O) groups excluding carboxylic acids is 1. The highest BCUT2D eigenvalue weighted by Crippen LogP contribution is 2.39. The lowest BCUT2D eigenvalue weighted by atomic mass is 9.98. The molecule has 0 saturated heterocycles. The van der Waals surface area contributed by atoms with Gasteiger partial charge >= 0.3 is 0 Å². The van der Waals surface area contributed by atoms with Gasteiger partial charge in [0.1, 0.15) is 11.3 Å². The van der Waals surface area contributed by atoms with Gasteiger partial charge in [-0.3, -0.25) is 9.59 Å². The van der Waals surface area contributed by atoms with Gasteiger partial charge in [0.05, 0.1) is 23.6 Å². The number of amides is 1. The lowest BCUT2D eigenvalue weighted by Gasteiger charge is -2.25. The Kier molecular flexibility index (Phi) is 6.37. The average Bonchev–Trinajstić information content (AvgIpc) is 3.07. The van der Waals surface area contributed by atoms with Crippen LogP contribution >= 0.6 is 0 Å². The Morgan fingerprint density at radius 3 is 2.68 bits per heavy atom. The average molecular weight is 421 g/mol. The first-order valence-electron chi connectivity index (χ1n) is 10.8. The second-order valence-electron chi connectivity index (χ2n) is 7.54. The summed E-state index contributed by atoms with van der Waals surface area (Å²) in [5.41, 5.74) is 1.49. The van der Waals surface area contributed by atoms with Crippen molar-refractivity contribution < 1.29 is 18.7 Å². The summed E-state index contributed by atoms with van der Waals surface area (Å²) in [6.45, 7) is 6.23. The van der Waals surface area contributed by atoms with Crippen LogP contribution < -0.4 is 10.2 Å². The summed E-state index contributed by atoms with van der Waals surface area (Å²) in [7, 11) is 0. The molecule has 1 unspecified atom stereocenters. The van der Waals surface area contributed by atoms with E-state index in [0.29, 0.717) is 49.3 Å². The van der Waals surface area contributed by atoms with Crippen molar-refractivity contribution in [2.45, 2.75) is 32.7 Å². The van der Waals surface area contributed by atoms with Crippen LogP contribution in [0.3, 0.4) is 0 Å². The smallest absolute Gasteiger partial charge is 0.290 e. The Morgan fingerprint density at radius 2 is 1.87 bits per heavy atom. The van der Waals surface area contributed by atoms with Crippen molar-refractivity contribution in [3.05, 3.63) is 75.6 Å². The van der Waals surface area contributed by atoms with Gasteiger partial charge in [-0.1, -0.05) is 31.2 Å². The van der Waals surface area contributed by atoms with E-state index in [1.165, 1.54) is 0 Å². The van der Waals surface area contributed by atoms with Crippen molar-refractivity contribution in [1.82, 2.24) is 4.90 Å². The van der Waals surface area contributed by atoms with E-state index in [0.717, 1.165) is 17.7 Å². The number of hydrogen-bond donors (Lipinski definition) is 0. The highest BCUT2D eigenvalue weighted by molar-refractivity contribution is 5.99. The summed E-state index contributed by atoms with van der Waals surface area (Å²) in [5, 5.41) is 0.480. The molecule has 1 atom stereocenters. The maximum absolute atomic E-state index is 13.4. The molecule has 0 N–H and O–H groups in total. The Labute approximate surface area is 181 Å². The number of hydrogen-bond acceptors (Lipinski definition) is 5. The van der Waals surface area contributed by atoms with E-state index in [-0.39, 0.29) is 17.1 Å². The normalized spacial score (nSPS) is 15.5. The van der Waals surface area contributed by atoms with Gasteiger partial charge in [0, 0.05) is 19.8 Å². The van der Waals surface area contributed by atoms with Gasteiger partial charge in [-0.2, -0.15) is 0 Å². The van der Waals surface area contributed by atoms with Crippen LogP contribution in [-0.4, -0.2) is 37.2 Å². The summed E-state index contributed by atoms with van der Waals surface area (Å²) in [5.74, 6) is 0.587. The first-order chi connectivity index (χ1) is 15.2. The largest absolute Gasteiger partial charge is 0.494 e. The second kappa shape index (κ2) is 9.35. The van der Waals surface area contributed by atoms with Gasteiger partial charge in [0.25, 0.3) is 5.91 Å². The van der Waals surface area contributed by atoms with Crippen LogP contribution in [0.25, 0.3) is 11.0 Å². The van der Waals surface area contributed by atoms with Gasteiger partial charge in [0.15, 0.2) is 5.43 Å². The molecule has 4 rings (SSSR count). The highest BCUT2D eigenvalue weighted by atomic mass is 16.5. The highest BCUT2D eigenvalue weighted by Gasteiger charge is 2.42. The van der Waals surface area contributed by atoms with Gasteiger partial charge in [-0.05, 0) is 49.6 Å². The van der Waals surface area contributed by atoms with Crippen molar-refractivity contribution in [1.29, 1.82) is 0 Å². The van der Waals surface area contributed by atoms with Crippen LogP contribution in [0.15, 0.2) is 57.7 Å². The third-order valence-corrected chi connectivity index (χ3v) is 5.41. The van der Waals surface area contributed by atoms with E-state index >= 15 is 0 Å². The summed E-state index contributed by atoms with van der Waals surface area (Å²) in [6, 6.07) is 14.2. The molecule has 3 aromatic rings. The summed E-state index contributed by atoms with van der Waals surface area (Å²) < 4.78 is 17.2. The van der Waals surface area contributed by atoms with E-state index in [1.807, 2.05) is 38.1 Å². The fourth-order valence-electron chi connectivity index (χ4n) is 4.02. The minimum atomic E-state index is -0.518. The monoisotopic (exact) mass is 421 g/mol. The van der Waals surface area contributed by atoms with Crippen molar-refractivity contribution >= 4 is 16.9 Å². The number of ether oxygens (including phenoxy) is 2. The maximum Gasteiger partial charge on any atom is 0.290 e. The number of fused-ring (bicyclic) bond motifs is 2. The Balaban J connectivity index is 1.81. The zero-order valence-corrected chi connectivity index (χ0v) is 17.9. The van der Waals surface area contributed by atoms with E-state index in [1.54, 1.807) is 29.2 Å². The zero-order valence-electron chi connectivity index (χ0n) is 17.9. The standard InChI is InChI=1S/C25H27NO5/c1-3-14-30-18-10-7-9-17(16-18)22-21-23(27)19-11-5-6-12-20(19)31-24(21)25(28)26(22)13-8-15-29-4-2/h5-7,9-12,16,22H,3-4,8,13-15H2,1-2H3. The molecule has 0 saturated carbocycles. The number of para-hydroxylation sites is 1. The van der Waals surface area contributed by atoms with Gasteiger partial charge in [0.2, 0.25) is 5.76 Å². The molecule has 0 fully saturated rings. The molecule has 0 bridgehead atoms. The molecule has 1 aliphatic rings. The fourth-order valence-corrected chi connectivity index (χ4v) is 4.02. The van der Waals surface area contributed by atoms with Crippen molar-refractivity contribution in [2.24, 2.45) is 0 Å². The SMILES string of the molecule is CCCOc1cccc(C2c3c(oc4ccccc4c3=O)C(=O)N2CCCOCC)c1. The summed E-state index contributed by atoms with van der Waals surface area (Å²) in [6.07, 6.45) is 1.57. The third-order valence-electron chi connectivity index (χ3n) is 5.41.